The van der Waals surface area contributed by atoms with E-state index < -0.39 is 0 Å². The molecule has 0 fully saturated rings. The molecule has 0 radical (unpaired) electrons. The molecule has 2 nitrogen and oxygen atoms in total. The summed E-state index contributed by atoms with van der Waals surface area (Å²) in [7, 11) is 0. The van der Waals surface area contributed by atoms with E-state index in [1.54, 1.807) is 17.5 Å². The highest BCUT2D eigenvalue weighted by molar-refractivity contribution is 7.09. The van der Waals surface area contributed by atoms with Gasteiger partial charge in [-0.15, -0.1) is 11.3 Å². The molecule has 0 spiro atoms. The lowest BCUT2D eigenvalue weighted by Gasteiger charge is -1.81. The molecule has 0 aliphatic rings. The van der Waals surface area contributed by atoms with E-state index in [-0.39, 0.29) is 0 Å². The first-order valence-corrected chi connectivity index (χ1v) is 3.53. The van der Waals surface area contributed by atoms with E-state index in [2.05, 4.69) is 9.83 Å². The molecule has 1 aromatic heterocycles. The molecule has 46 valence electrons. The highest BCUT2D eigenvalue weighted by Crippen LogP contribution is 2.03. The van der Waals surface area contributed by atoms with Gasteiger partial charge in [-0.1, -0.05) is 0 Å². The molecular formula is C6H6N2S. The number of aromatic nitrogens is 1. The van der Waals surface area contributed by atoms with Crippen LogP contribution in [0.25, 0.3) is 4.85 Å². The number of hydrogen-bond acceptors (Lipinski definition) is 2. The van der Waals surface area contributed by atoms with E-state index in [0.29, 0.717) is 6.54 Å². The Bertz CT molecular complexity index is 197. The van der Waals surface area contributed by atoms with Gasteiger partial charge >= 0.3 is 0 Å². The number of rotatable bonds is 2. The van der Waals surface area contributed by atoms with Crippen molar-refractivity contribution in [3.8, 4) is 0 Å². The molecule has 0 aliphatic carbocycles. The van der Waals surface area contributed by atoms with Crippen molar-refractivity contribution in [2.24, 2.45) is 0 Å². The van der Waals surface area contributed by atoms with Gasteiger partial charge in [-0.3, -0.25) is 0 Å². The summed E-state index contributed by atoms with van der Waals surface area (Å²) in [4.78, 5) is 7.26. The molecule has 0 unspecified atom stereocenters. The van der Waals surface area contributed by atoms with Crippen molar-refractivity contribution in [2.45, 2.75) is 6.42 Å². The van der Waals surface area contributed by atoms with E-state index in [9.17, 15) is 0 Å². The van der Waals surface area contributed by atoms with E-state index >= 15 is 0 Å². The van der Waals surface area contributed by atoms with Crippen LogP contribution in [0.3, 0.4) is 0 Å². The largest absolute Gasteiger partial charge is 0.316 e. The second kappa shape index (κ2) is 3.21. The van der Waals surface area contributed by atoms with Gasteiger partial charge in [-0.25, -0.2) is 11.6 Å². The monoisotopic (exact) mass is 138 g/mol. The molecule has 0 aromatic carbocycles. The average Bonchev–Trinajstić information content (AvgIpc) is 2.34. The minimum atomic E-state index is 0.563. The summed E-state index contributed by atoms with van der Waals surface area (Å²) in [6, 6.07) is 0. The standard InChI is InChI=1S/C6H6N2S/c1-7-3-2-6-8-4-5-9-6/h4-5H,2-3H2. The third-order valence-corrected chi connectivity index (χ3v) is 1.76. The highest BCUT2D eigenvalue weighted by atomic mass is 32.1. The van der Waals surface area contributed by atoms with Crippen molar-refractivity contribution < 1.29 is 0 Å². The molecule has 0 N–H and O–H groups in total. The molecule has 0 saturated heterocycles. The summed E-state index contributed by atoms with van der Waals surface area (Å²) >= 11 is 1.61. The molecular weight excluding hydrogens is 132 g/mol. The predicted octanol–water partition coefficient (Wildman–Crippen LogP) is 1.60. The van der Waals surface area contributed by atoms with E-state index in [1.807, 2.05) is 5.38 Å². The van der Waals surface area contributed by atoms with Crippen molar-refractivity contribution >= 4 is 11.3 Å². The second-order valence-electron chi connectivity index (χ2n) is 1.56. The molecule has 9 heavy (non-hydrogen) atoms. The van der Waals surface area contributed by atoms with Gasteiger partial charge in [0, 0.05) is 11.6 Å². The van der Waals surface area contributed by atoms with Gasteiger partial charge in [-0.2, -0.15) is 0 Å². The van der Waals surface area contributed by atoms with E-state index in [0.717, 1.165) is 11.4 Å². The lowest BCUT2D eigenvalue weighted by atomic mass is 10.5. The van der Waals surface area contributed by atoms with Crippen LogP contribution in [0.1, 0.15) is 5.01 Å². The first kappa shape index (κ1) is 6.24. The normalized spacial score (nSPS) is 8.78. The Hall–Kier alpha value is -0.880. The average molecular weight is 138 g/mol. The lowest BCUT2D eigenvalue weighted by Crippen LogP contribution is -1.83. The maximum Gasteiger partial charge on any atom is 0.221 e. The first-order chi connectivity index (χ1) is 4.43. The van der Waals surface area contributed by atoms with Gasteiger partial charge in [0.05, 0.1) is 11.4 Å². The molecule has 0 bridgehead atoms. The summed E-state index contributed by atoms with van der Waals surface area (Å²) in [6.45, 7) is 7.07. The Morgan fingerprint density at radius 1 is 1.78 bits per heavy atom. The quantitative estimate of drug-likeness (QED) is 0.567. The van der Waals surface area contributed by atoms with Crippen LogP contribution in [-0.4, -0.2) is 11.5 Å². The van der Waals surface area contributed by atoms with Crippen LogP contribution in [0.5, 0.6) is 0 Å². The van der Waals surface area contributed by atoms with Crippen molar-refractivity contribution in [2.75, 3.05) is 6.54 Å². The zero-order valence-electron chi connectivity index (χ0n) is 4.87. The van der Waals surface area contributed by atoms with Gasteiger partial charge < -0.3 is 4.85 Å². The SMILES string of the molecule is [C-]#[N+]CCc1nccs1. The molecule has 0 saturated carbocycles. The molecule has 0 amide bonds. The predicted molar refractivity (Wildman–Crippen MR) is 37.3 cm³/mol. The lowest BCUT2D eigenvalue weighted by molar-refractivity contribution is 1.05. The first-order valence-electron chi connectivity index (χ1n) is 2.65. The smallest absolute Gasteiger partial charge is 0.221 e. The van der Waals surface area contributed by atoms with Crippen LogP contribution in [0.2, 0.25) is 0 Å². The summed E-state index contributed by atoms with van der Waals surface area (Å²) in [5, 5.41) is 2.99. The summed E-state index contributed by atoms with van der Waals surface area (Å²) < 4.78 is 0. The second-order valence-corrected chi connectivity index (χ2v) is 2.54. The van der Waals surface area contributed by atoms with Gasteiger partial charge in [0.15, 0.2) is 0 Å². The van der Waals surface area contributed by atoms with Gasteiger partial charge in [0.2, 0.25) is 6.54 Å². The summed E-state index contributed by atoms with van der Waals surface area (Å²) in [6.07, 6.45) is 2.57. The Labute approximate surface area is 58.0 Å². The maximum atomic E-state index is 6.51. The van der Waals surface area contributed by atoms with Gasteiger partial charge in [-0.05, 0) is 0 Å². The minimum Gasteiger partial charge on any atom is -0.316 e. The van der Waals surface area contributed by atoms with Crippen molar-refractivity contribution in [1.82, 2.24) is 4.98 Å². The van der Waals surface area contributed by atoms with Crippen LogP contribution < -0.4 is 0 Å². The molecule has 1 rings (SSSR count). The third kappa shape index (κ3) is 1.82. The Kier molecular flexibility index (Phi) is 2.22. The van der Waals surface area contributed by atoms with E-state index in [4.69, 9.17) is 6.57 Å². The fourth-order valence-corrected chi connectivity index (χ4v) is 1.14. The number of thiazole rings is 1. The fraction of sp³-hybridized carbons (Fsp3) is 0.333. The Morgan fingerprint density at radius 2 is 2.67 bits per heavy atom. The molecule has 0 atom stereocenters. The topological polar surface area (TPSA) is 17.2 Å². The molecule has 0 aliphatic heterocycles. The molecule has 1 aromatic rings. The van der Waals surface area contributed by atoms with Crippen LogP contribution >= 0.6 is 11.3 Å². The van der Waals surface area contributed by atoms with E-state index in [1.165, 1.54) is 0 Å². The zero-order chi connectivity index (χ0) is 6.53. The van der Waals surface area contributed by atoms with Crippen molar-refractivity contribution in [3.05, 3.63) is 28.0 Å². The third-order valence-electron chi connectivity index (χ3n) is 0.921. The number of nitrogens with zero attached hydrogens (tertiary/aromatic N) is 2. The minimum absolute atomic E-state index is 0.563. The fourth-order valence-electron chi connectivity index (χ4n) is 0.528. The van der Waals surface area contributed by atoms with Crippen LogP contribution in [0.4, 0.5) is 0 Å². The van der Waals surface area contributed by atoms with Crippen LogP contribution in [0.15, 0.2) is 11.6 Å². The van der Waals surface area contributed by atoms with Gasteiger partial charge in [0.25, 0.3) is 0 Å². The van der Waals surface area contributed by atoms with Crippen molar-refractivity contribution in [3.63, 3.8) is 0 Å². The summed E-state index contributed by atoms with van der Waals surface area (Å²) in [5.41, 5.74) is 0. The maximum absolute atomic E-state index is 6.51. The van der Waals surface area contributed by atoms with Crippen LogP contribution in [0, 0.1) is 6.57 Å². The summed E-state index contributed by atoms with van der Waals surface area (Å²) in [5.74, 6) is 0. The van der Waals surface area contributed by atoms with Gasteiger partial charge in [0.1, 0.15) is 0 Å². The molecule has 3 heteroatoms. The Balaban J connectivity index is 2.41. The van der Waals surface area contributed by atoms with Crippen LogP contribution in [-0.2, 0) is 6.42 Å². The zero-order valence-corrected chi connectivity index (χ0v) is 5.69. The highest BCUT2D eigenvalue weighted by Gasteiger charge is 1.94. The number of hydrogen-bond donors (Lipinski definition) is 0. The Morgan fingerprint density at radius 3 is 3.22 bits per heavy atom. The van der Waals surface area contributed by atoms with Crippen molar-refractivity contribution in [1.29, 1.82) is 0 Å². The molecule has 1 heterocycles.